The number of nitrogens with zero attached hydrogens (tertiary/aromatic N) is 1. The molecule has 5 atom stereocenters. The quantitative estimate of drug-likeness (QED) is 0.374. The average molecular weight is 537 g/mol. The molecule has 4 amide bonds. The van der Waals surface area contributed by atoms with E-state index in [2.05, 4.69) is 24.5 Å². The first kappa shape index (κ1) is 30.2. The lowest BCUT2D eigenvalue weighted by atomic mass is 9.79. The average Bonchev–Trinajstić information content (AvgIpc) is 3.05. The molecule has 1 saturated heterocycles. The Hall–Kier alpha value is -2.36. The van der Waals surface area contributed by atoms with Gasteiger partial charge in [0.15, 0.2) is 6.10 Å². The van der Waals surface area contributed by atoms with Crippen LogP contribution in [0.2, 0.25) is 0 Å². The zero-order chi connectivity index (χ0) is 28.8. The highest BCUT2D eigenvalue weighted by Crippen LogP contribution is 2.69. The fourth-order valence-corrected chi connectivity index (χ4v) is 5.94. The minimum atomic E-state index is -1.51. The number of rotatable bonds is 8. The van der Waals surface area contributed by atoms with E-state index in [9.17, 15) is 24.3 Å². The van der Waals surface area contributed by atoms with E-state index in [-0.39, 0.29) is 16.7 Å². The van der Waals surface area contributed by atoms with Crippen LogP contribution in [-0.2, 0) is 19.1 Å². The van der Waals surface area contributed by atoms with Gasteiger partial charge in [-0.05, 0) is 62.2 Å². The monoisotopic (exact) mass is 536 g/mol. The Morgan fingerprint density at radius 3 is 2.08 bits per heavy atom. The summed E-state index contributed by atoms with van der Waals surface area (Å²) < 4.78 is 5.42. The molecule has 10 nitrogen and oxygen atoms in total. The number of nitrogens with two attached hydrogens (primary N) is 1. The van der Waals surface area contributed by atoms with Crippen molar-refractivity contribution in [3.63, 3.8) is 0 Å². The number of aliphatic hydroxyl groups excluding tert-OH is 1. The van der Waals surface area contributed by atoms with Gasteiger partial charge in [0.1, 0.15) is 17.7 Å². The summed E-state index contributed by atoms with van der Waals surface area (Å²) in [4.78, 5) is 53.8. The molecule has 0 aromatic rings. The number of nitrogens with one attached hydrogen (secondary N) is 2. The highest BCUT2D eigenvalue weighted by molar-refractivity contribution is 5.93. The molecule has 1 heterocycles. The van der Waals surface area contributed by atoms with Crippen molar-refractivity contribution < 1.29 is 29.0 Å². The Kier molecular flexibility index (Phi) is 8.20. The minimum Gasteiger partial charge on any atom is -0.444 e. The number of alkyl carbamates (subject to hydrolysis) is 1. The minimum absolute atomic E-state index is 0.0333. The molecular formula is C28H48N4O6. The molecule has 3 rings (SSSR count). The van der Waals surface area contributed by atoms with Crippen molar-refractivity contribution in [2.24, 2.45) is 27.9 Å². The largest absolute Gasteiger partial charge is 0.444 e. The smallest absolute Gasteiger partial charge is 0.408 e. The first-order valence-electron chi connectivity index (χ1n) is 13.8. The SMILES string of the molecule is CC(C)(C)OC(=O)N[C@H](C(=O)N1CC2(CC1C(=O)NC(CC1CCC1)C(O)C(N)=O)CC2(C)C)C(C)(C)C. The van der Waals surface area contributed by atoms with Crippen LogP contribution in [0.1, 0.15) is 93.9 Å². The molecule has 38 heavy (non-hydrogen) atoms. The third-order valence-electron chi connectivity index (χ3n) is 8.70. The number of aliphatic hydroxyl groups is 1. The molecule has 2 saturated carbocycles. The molecule has 0 aromatic heterocycles. The van der Waals surface area contributed by atoms with E-state index in [0.29, 0.717) is 25.3 Å². The summed E-state index contributed by atoms with van der Waals surface area (Å²) in [5.41, 5.74) is 3.76. The summed E-state index contributed by atoms with van der Waals surface area (Å²) in [7, 11) is 0. The third kappa shape index (κ3) is 6.61. The molecule has 1 spiro atoms. The number of carbonyl (C=O) groups is 4. The molecule has 3 fully saturated rings. The van der Waals surface area contributed by atoms with Gasteiger partial charge in [-0.25, -0.2) is 4.79 Å². The molecule has 2 aliphatic carbocycles. The van der Waals surface area contributed by atoms with Crippen LogP contribution in [0.5, 0.6) is 0 Å². The van der Waals surface area contributed by atoms with Crippen molar-refractivity contribution >= 4 is 23.8 Å². The standard InChI is InChI=1S/C28H48N4O6/c1-25(2,3)20(31-24(37)38-26(4,5)6)23(36)32-15-28(14-27(28,7)8)13-18(32)22(35)30-17(19(33)21(29)34)12-16-10-9-11-16/h16-20,33H,9-15H2,1-8H3,(H2,29,34)(H,30,35)(H,31,37)/t17?,18?,19?,20-,28?/m1/s1. The number of hydrogen-bond acceptors (Lipinski definition) is 6. The Morgan fingerprint density at radius 1 is 1.08 bits per heavy atom. The summed E-state index contributed by atoms with van der Waals surface area (Å²) in [6, 6.07) is -2.53. The van der Waals surface area contributed by atoms with Gasteiger partial charge in [-0.2, -0.15) is 0 Å². The molecule has 1 aliphatic heterocycles. The van der Waals surface area contributed by atoms with Crippen LogP contribution >= 0.6 is 0 Å². The van der Waals surface area contributed by atoms with E-state index in [1.54, 1.807) is 25.7 Å². The van der Waals surface area contributed by atoms with Crippen LogP contribution in [0.3, 0.4) is 0 Å². The van der Waals surface area contributed by atoms with E-state index in [0.717, 1.165) is 25.7 Å². The van der Waals surface area contributed by atoms with E-state index in [1.807, 2.05) is 20.8 Å². The predicted molar refractivity (Wildman–Crippen MR) is 143 cm³/mol. The fourth-order valence-electron chi connectivity index (χ4n) is 5.94. The van der Waals surface area contributed by atoms with Crippen LogP contribution in [0, 0.1) is 22.2 Å². The number of ether oxygens (including phenoxy) is 1. The van der Waals surface area contributed by atoms with E-state index in [1.165, 1.54) is 0 Å². The van der Waals surface area contributed by atoms with Crippen molar-refractivity contribution in [3.8, 4) is 0 Å². The first-order valence-corrected chi connectivity index (χ1v) is 13.8. The maximum Gasteiger partial charge on any atom is 0.408 e. The summed E-state index contributed by atoms with van der Waals surface area (Å²) in [6.07, 6.45) is 2.65. The molecule has 5 N–H and O–H groups in total. The predicted octanol–water partition coefficient (Wildman–Crippen LogP) is 2.46. The van der Waals surface area contributed by atoms with Crippen LogP contribution in [0.4, 0.5) is 4.79 Å². The normalized spacial score (nSPS) is 27.2. The van der Waals surface area contributed by atoms with E-state index in [4.69, 9.17) is 10.5 Å². The Morgan fingerprint density at radius 2 is 1.66 bits per heavy atom. The number of likely N-dealkylation sites (tertiary alicyclic amines) is 1. The highest BCUT2D eigenvalue weighted by Gasteiger charge is 2.67. The number of primary amides is 1. The Labute approximate surface area is 226 Å². The van der Waals surface area contributed by atoms with Crippen molar-refractivity contribution in [2.75, 3.05) is 6.54 Å². The highest BCUT2D eigenvalue weighted by atomic mass is 16.6. The maximum atomic E-state index is 14.0. The summed E-state index contributed by atoms with van der Waals surface area (Å²) in [5, 5.41) is 16.1. The van der Waals surface area contributed by atoms with Gasteiger partial charge < -0.3 is 31.1 Å². The molecule has 4 unspecified atom stereocenters. The summed E-state index contributed by atoms with van der Waals surface area (Å²) >= 11 is 0. The molecule has 0 aromatic carbocycles. The van der Waals surface area contributed by atoms with Gasteiger partial charge in [-0.15, -0.1) is 0 Å². The molecule has 0 bridgehead atoms. The third-order valence-corrected chi connectivity index (χ3v) is 8.70. The Bertz CT molecular complexity index is 948. The van der Waals surface area contributed by atoms with Crippen LogP contribution in [0.15, 0.2) is 0 Å². The van der Waals surface area contributed by atoms with Crippen LogP contribution in [0.25, 0.3) is 0 Å². The Balaban J connectivity index is 1.85. The molecule has 3 aliphatic rings. The molecule has 0 radical (unpaired) electrons. The van der Waals surface area contributed by atoms with Crippen molar-refractivity contribution in [3.05, 3.63) is 0 Å². The zero-order valence-electron chi connectivity index (χ0n) is 24.3. The van der Waals surface area contributed by atoms with E-state index >= 15 is 0 Å². The van der Waals surface area contributed by atoms with E-state index < -0.39 is 53.2 Å². The number of carbonyl (C=O) groups excluding carboxylic acids is 4. The van der Waals surface area contributed by atoms with Gasteiger partial charge in [0.05, 0.1) is 6.04 Å². The summed E-state index contributed by atoms with van der Waals surface area (Å²) in [6.45, 7) is 15.5. The lowest BCUT2D eigenvalue weighted by molar-refractivity contribution is -0.143. The topological polar surface area (TPSA) is 151 Å². The van der Waals surface area contributed by atoms with Gasteiger partial charge >= 0.3 is 6.09 Å². The summed E-state index contributed by atoms with van der Waals surface area (Å²) in [5.74, 6) is -1.34. The van der Waals surface area contributed by atoms with Gasteiger partial charge in [0.25, 0.3) is 0 Å². The number of hydrogen-bond donors (Lipinski definition) is 4. The van der Waals surface area contributed by atoms with Crippen molar-refractivity contribution in [2.45, 2.75) is 124 Å². The second-order valence-electron chi connectivity index (χ2n) is 14.5. The second kappa shape index (κ2) is 10.3. The number of amides is 4. The van der Waals surface area contributed by atoms with Gasteiger partial charge in [0.2, 0.25) is 17.7 Å². The lowest BCUT2D eigenvalue weighted by Crippen LogP contribution is -2.59. The maximum absolute atomic E-state index is 14.0. The van der Waals surface area contributed by atoms with Crippen molar-refractivity contribution in [1.82, 2.24) is 15.5 Å². The van der Waals surface area contributed by atoms with Gasteiger partial charge in [0, 0.05) is 6.54 Å². The first-order chi connectivity index (χ1) is 17.3. The van der Waals surface area contributed by atoms with Crippen molar-refractivity contribution in [1.29, 1.82) is 0 Å². The second-order valence-corrected chi connectivity index (χ2v) is 14.5. The van der Waals surface area contributed by atoms with Gasteiger partial charge in [-0.3, -0.25) is 14.4 Å². The molecular weight excluding hydrogens is 488 g/mol. The molecule has 216 valence electrons. The van der Waals surface area contributed by atoms with Gasteiger partial charge in [-0.1, -0.05) is 53.9 Å². The van der Waals surface area contributed by atoms with Crippen LogP contribution < -0.4 is 16.4 Å². The van der Waals surface area contributed by atoms with Crippen LogP contribution in [-0.4, -0.2) is 70.2 Å². The fraction of sp³-hybridized carbons (Fsp3) is 0.857. The lowest BCUT2D eigenvalue weighted by Gasteiger charge is -2.36. The zero-order valence-corrected chi connectivity index (χ0v) is 24.3. The molecule has 10 heteroatoms.